The van der Waals surface area contributed by atoms with E-state index in [9.17, 15) is 13.2 Å². The number of rotatable bonds is 9. The van der Waals surface area contributed by atoms with Crippen molar-refractivity contribution in [3.63, 3.8) is 0 Å². The van der Waals surface area contributed by atoms with Crippen LogP contribution in [0.1, 0.15) is 18.1 Å². The standard InChI is InChI=1S/C21H28N2O5S/c1-15-9-10-16(2)20(13-15)28-12-11-22-21(24)17(3)23(29(5,25)26)18-7-6-8-19(14-18)27-4/h6-10,13-14,17H,11-12H2,1-5H3,(H,22,24). The average molecular weight is 421 g/mol. The molecule has 7 nitrogen and oxygen atoms in total. The maximum absolute atomic E-state index is 12.6. The third-order valence-electron chi connectivity index (χ3n) is 4.40. The molecular weight excluding hydrogens is 392 g/mol. The summed E-state index contributed by atoms with van der Waals surface area (Å²) in [6, 6.07) is 11.6. The number of amides is 1. The van der Waals surface area contributed by atoms with Gasteiger partial charge in [0.15, 0.2) is 0 Å². The van der Waals surface area contributed by atoms with Crippen LogP contribution in [0.3, 0.4) is 0 Å². The van der Waals surface area contributed by atoms with Gasteiger partial charge < -0.3 is 14.8 Å². The Balaban J connectivity index is 2.02. The largest absolute Gasteiger partial charge is 0.497 e. The van der Waals surface area contributed by atoms with Crippen LogP contribution >= 0.6 is 0 Å². The van der Waals surface area contributed by atoms with Gasteiger partial charge in [-0.2, -0.15) is 0 Å². The maximum atomic E-state index is 12.6. The number of anilines is 1. The third-order valence-corrected chi connectivity index (χ3v) is 5.64. The molecule has 0 saturated carbocycles. The van der Waals surface area contributed by atoms with Gasteiger partial charge in [0.05, 0.1) is 25.6 Å². The number of methoxy groups -OCH3 is 1. The molecular formula is C21H28N2O5S. The van der Waals surface area contributed by atoms with Crippen LogP contribution < -0.4 is 19.1 Å². The molecule has 1 atom stereocenters. The summed E-state index contributed by atoms with van der Waals surface area (Å²) in [5.74, 6) is 0.856. The molecule has 0 spiro atoms. The predicted octanol–water partition coefficient (Wildman–Crippen LogP) is 2.66. The molecule has 2 aromatic carbocycles. The van der Waals surface area contributed by atoms with Gasteiger partial charge in [-0.15, -0.1) is 0 Å². The van der Waals surface area contributed by atoms with Crippen LogP contribution in [-0.2, 0) is 14.8 Å². The van der Waals surface area contributed by atoms with Crippen molar-refractivity contribution in [1.82, 2.24) is 5.32 Å². The first-order chi connectivity index (χ1) is 13.6. The van der Waals surface area contributed by atoms with Crippen LogP contribution in [0.15, 0.2) is 42.5 Å². The SMILES string of the molecule is COc1cccc(N(C(C)C(=O)NCCOc2cc(C)ccc2C)S(C)(=O)=O)c1. The number of carbonyl (C=O) groups excluding carboxylic acids is 1. The van der Waals surface area contributed by atoms with Gasteiger partial charge in [-0.25, -0.2) is 8.42 Å². The molecule has 2 rings (SSSR count). The van der Waals surface area contributed by atoms with E-state index < -0.39 is 22.0 Å². The zero-order valence-corrected chi connectivity index (χ0v) is 18.2. The van der Waals surface area contributed by atoms with Crippen LogP contribution in [0.4, 0.5) is 5.69 Å². The minimum absolute atomic E-state index is 0.256. The van der Waals surface area contributed by atoms with Crippen LogP contribution in [0.5, 0.6) is 11.5 Å². The lowest BCUT2D eigenvalue weighted by Crippen LogP contribution is -2.48. The predicted molar refractivity (Wildman–Crippen MR) is 114 cm³/mol. The molecule has 1 amide bonds. The summed E-state index contributed by atoms with van der Waals surface area (Å²) in [4.78, 5) is 12.6. The Labute approximate surface area is 172 Å². The number of hydrogen-bond donors (Lipinski definition) is 1. The average Bonchev–Trinajstić information content (AvgIpc) is 2.66. The highest BCUT2D eigenvalue weighted by atomic mass is 32.2. The van der Waals surface area contributed by atoms with E-state index in [1.807, 2.05) is 32.0 Å². The molecule has 1 unspecified atom stereocenters. The van der Waals surface area contributed by atoms with Gasteiger partial charge in [0.1, 0.15) is 24.1 Å². The summed E-state index contributed by atoms with van der Waals surface area (Å²) in [6.45, 7) is 6.01. The zero-order chi connectivity index (χ0) is 21.6. The molecule has 0 aliphatic carbocycles. The maximum Gasteiger partial charge on any atom is 0.243 e. The number of sulfonamides is 1. The normalized spacial score (nSPS) is 12.2. The molecule has 0 saturated heterocycles. The lowest BCUT2D eigenvalue weighted by atomic mass is 10.1. The van der Waals surface area contributed by atoms with Crippen molar-refractivity contribution in [2.45, 2.75) is 26.8 Å². The monoisotopic (exact) mass is 420 g/mol. The van der Waals surface area contributed by atoms with Gasteiger partial charge in [0.25, 0.3) is 0 Å². The van der Waals surface area contributed by atoms with Crippen molar-refractivity contribution >= 4 is 21.6 Å². The Bertz CT molecular complexity index is 959. The van der Waals surface area contributed by atoms with Crippen molar-refractivity contribution in [1.29, 1.82) is 0 Å². The zero-order valence-electron chi connectivity index (χ0n) is 17.4. The Morgan fingerprint density at radius 1 is 1.17 bits per heavy atom. The van der Waals surface area contributed by atoms with E-state index in [0.717, 1.165) is 27.4 Å². The lowest BCUT2D eigenvalue weighted by Gasteiger charge is -2.28. The van der Waals surface area contributed by atoms with Gasteiger partial charge in [0, 0.05) is 6.07 Å². The highest BCUT2D eigenvalue weighted by molar-refractivity contribution is 7.92. The lowest BCUT2D eigenvalue weighted by molar-refractivity contribution is -0.121. The van der Waals surface area contributed by atoms with Gasteiger partial charge in [-0.3, -0.25) is 9.10 Å². The van der Waals surface area contributed by atoms with E-state index in [0.29, 0.717) is 11.4 Å². The third kappa shape index (κ3) is 6.12. The second-order valence-electron chi connectivity index (χ2n) is 6.84. The Kier molecular flexibility index (Phi) is 7.50. The van der Waals surface area contributed by atoms with Gasteiger partial charge in [0.2, 0.25) is 15.9 Å². The van der Waals surface area contributed by atoms with Crippen molar-refractivity contribution in [2.24, 2.45) is 0 Å². The fourth-order valence-corrected chi connectivity index (χ4v) is 4.07. The van der Waals surface area contributed by atoms with Crippen molar-refractivity contribution < 1.29 is 22.7 Å². The van der Waals surface area contributed by atoms with Gasteiger partial charge in [-0.05, 0) is 50.1 Å². The Morgan fingerprint density at radius 3 is 2.55 bits per heavy atom. The molecule has 29 heavy (non-hydrogen) atoms. The number of benzene rings is 2. The first-order valence-electron chi connectivity index (χ1n) is 9.24. The fraction of sp³-hybridized carbons (Fsp3) is 0.381. The van der Waals surface area contributed by atoms with Gasteiger partial charge in [-0.1, -0.05) is 18.2 Å². The van der Waals surface area contributed by atoms with E-state index in [1.165, 1.54) is 7.11 Å². The van der Waals surface area contributed by atoms with E-state index in [1.54, 1.807) is 31.2 Å². The topological polar surface area (TPSA) is 84.9 Å². The Morgan fingerprint density at radius 2 is 1.90 bits per heavy atom. The van der Waals surface area contributed by atoms with Crippen molar-refractivity contribution in [2.75, 3.05) is 30.8 Å². The van der Waals surface area contributed by atoms with Crippen LogP contribution in [-0.4, -0.2) is 46.9 Å². The summed E-state index contributed by atoms with van der Waals surface area (Å²) in [5, 5.41) is 2.74. The molecule has 0 bridgehead atoms. The first kappa shape index (κ1) is 22.5. The summed E-state index contributed by atoms with van der Waals surface area (Å²) in [6.07, 6.45) is 1.07. The highest BCUT2D eigenvalue weighted by Crippen LogP contribution is 2.25. The first-order valence-corrected chi connectivity index (χ1v) is 11.1. The summed E-state index contributed by atoms with van der Waals surface area (Å²) >= 11 is 0. The van der Waals surface area contributed by atoms with Gasteiger partial charge >= 0.3 is 0 Å². The fourth-order valence-electron chi connectivity index (χ4n) is 2.90. The molecule has 0 aromatic heterocycles. The van der Waals surface area contributed by atoms with E-state index in [2.05, 4.69) is 5.32 Å². The number of nitrogens with zero attached hydrogens (tertiary/aromatic N) is 1. The number of hydrogen-bond acceptors (Lipinski definition) is 5. The van der Waals surface area contributed by atoms with Crippen LogP contribution in [0.2, 0.25) is 0 Å². The molecule has 158 valence electrons. The van der Waals surface area contributed by atoms with E-state index in [4.69, 9.17) is 9.47 Å². The summed E-state index contributed by atoms with van der Waals surface area (Å²) < 4.78 is 36.7. The second-order valence-corrected chi connectivity index (χ2v) is 8.70. The highest BCUT2D eigenvalue weighted by Gasteiger charge is 2.29. The summed E-state index contributed by atoms with van der Waals surface area (Å²) in [5.41, 5.74) is 2.46. The molecule has 0 fully saturated rings. The molecule has 1 N–H and O–H groups in total. The smallest absolute Gasteiger partial charge is 0.243 e. The minimum atomic E-state index is -3.69. The van der Waals surface area contributed by atoms with Crippen molar-refractivity contribution in [3.05, 3.63) is 53.6 Å². The van der Waals surface area contributed by atoms with E-state index >= 15 is 0 Å². The molecule has 0 aliphatic heterocycles. The number of nitrogens with one attached hydrogen (secondary N) is 1. The molecule has 0 aliphatic rings. The quantitative estimate of drug-likeness (QED) is 0.631. The molecule has 0 radical (unpaired) electrons. The van der Waals surface area contributed by atoms with E-state index in [-0.39, 0.29) is 13.2 Å². The minimum Gasteiger partial charge on any atom is -0.497 e. The molecule has 8 heteroatoms. The van der Waals surface area contributed by atoms with Crippen molar-refractivity contribution in [3.8, 4) is 11.5 Å². The van der Waals surface area contributed by atoms with Crippen LogP contribution in [0.25, 0.3) is 0 Å². The summed E-state index contributed by atoms with van der Waals surface area (Å²) in [7, 11) is -2.19. The second kappa shape index (κ2) is 9.65. The van der Waals surface area contributed by atoms with Crippen LogP contribution in [0, 0.1) is 13.8 Å². The number of carbonyl (C=O) groups is 1. The molecule has 0 heterocycles. The number of ether oxygens (including phenoxy) is 2. The molecule has 2 aromatic rings. The number of aryl methyl sites for hydroxylation is 2. The Hall–Kier alpha value is -2.74.